The number of alkyl halides is 3. The van der Waals surface area contributed by atoms with Gasteiger partial charge in [0.1, 0.15) is 21.6 Å². The summed E-state index contributed by atoms with van der Waals surface area (Å²) in [6, 6.07) is 12.0. The number of nitrogens with zero attached hydrogens (tertiary/aromatic N) is 3. The van der Waals surface area contributed by atoms with Gasteiger partial charge in [-0.15, -0.1) is 11.3 Å². The van der Waals surface area contributed by atoms with Crippen LogP contribution in [0.3, 0.4) is 0 Å². The Morgan fingerprint density at radius 3 is 2.53 bits per heavy atom. The Kier molecular flexibility index (Phi) is 8.53. The number of nitrogens with one attached hydrogen (secondary N) is 2. The fourth-order valence-corrected chi connectivity index (χ4v) is 6.09. The zero-order valence-corrected chi connectivity index (χ0v) is 23.9. The third-order valence-corrected chi connectivity index (χ3v) is 8.39. The highest BCUT2D eigenvalue weighted by molar-refractivity contribution is 7.21. The predicted molar refractivity (Wildman–Crippen MR) is 160 cm³/mol. The number of aromatic nitrogens is 2. The van der Waals surface area contributed by atoms with E-state index in [2.05, 4.69) is 20.6 Å². The van der Waals surface area contributed by atoms with Crippen LogP contribution in [0.4, 0.5) is 30.4 Å². The summed E-state index contributed by atoms with van der Waals surface area (Å²) in [6.07, 6.45) is -2.66. The zero-order chi connectivity index (χ0) is 30.9. The van der Waals surface area contributed by atoms with Gasteiger partial charge in [0.25, 0.3) is 5.91 Å². The fraction of sp³-hybridized carbons (Fsp3) is 0.310. The third kappa shape index (κ3) is 6.71. The molecule has 1 fully saturated rings. The lowest BCUT2D eigenvalue weighted by atomic mass is 10.0. The number of rotatable bonds is 8. The Bertz CT molecular complexity index is 1650. The topological polar surface area (TPSA) is 159 Å². The summed E-state index contributed by atoms with van der Waals surface area (Å²) in [5.41, 5.74) is 12.8. The Balaban J connectivity index is 1.20. The normalized spacial score (nSPS) is 15.0. The summed E-state index contributed by atoms with van der Waals surface area (Å²) in [5, 5.41) is 16.5. The molecule has 226 valence electrons. The first-order valence-electron chi connectivity index (χ1n) is 13.5. The highest BCUT2D eigenvalue weighted by Gasteiger charge is 2.37. The molecule has 0 aliphatic carbocycles. The average Bonchev–Trinajstić information content (AvgIpc) is 3.31. The number of carbonyl (C=O) groups is 2. The van der Waals surface area contributed by atoms with Crippen LogP contribution in [-0.2, 0) is 11.0 Å². The molecular formula is C29H30F3N7O3S. The SMILES string of the molecule is CC(=O)Nc1cccc(-c2ccc(C(O)CNC3CCN(c4cc(C(F)(F)F)c5c(N)c(C(N)=O)sc5n4)CC3)nc2)c1. The van der Waals surface area contributed by atoms with Crippen molar-refractivity contribution in [1.29, 1.82) is 0 Å². The van der Waals surface area contributed by atoms with Crippen molar-refractivity contribution in [3.05, 3.63) is 64.8 Å². The molecule has 4 aromatic rings. The summed E-state index contributed by atoms with van der Waals surface area (Å²) in [4.78, 5) is 33.5. The molecule has 1 aromatic carbocycles. The summed E-state index contributed by atoms with van der Waals surface area (Å²) < 4.78 is 41.8. The van der Waals surface area contributed by atoms with Crippen molar-refractivity contribution in [3.8, 4) is 11.1 Å². The van der Waals surface area contributed by atoms with Crippen LogP contribution < -0.4 is 27.0 Å². The highest BCUT2D eigenvalue weighted by atomic mass is 32.1. The molecule has 4 heterocycles. The molecule has 1 aliphatic rings. The molecule has 2 amide bonds. The number of aliphatic hydroxyl groups is 1. The minimum atomic E-state index is -4.70. The number of benzene rings is 1. The number of nitrogens with two attached hydrogens (primary N) is 2. The lowest BCUT2D eigenvalue weighted by molar-refractivity contribution is -0.136. The van der Waals surface area contributed by atoms with Crippen LogP contribution in [0.1, 0.15) is 46.8 Å². The number of nitrogen functional groups attached to an aromatic ring is 1. The summed E-state index contributed by atoms with van der Waals surface area (Å²) in [5.74, 6) is -0.906. The summed E-state index contributed by atoms with van der Waals surface area (Å²) in [6.45, 7) is 2.58. The lowest BCUT2D eigenvalue weighted by Crippen LogP contribution is -2.44. The molecule has 1 unspecified atom stereocenters. The van der Waals surface area contributed by atoms with E-state index in [-0.39, 0.29) is 45.1 Å². The minimum absolute atomic E-state index is 0.0125. The quantitative estimate of drug-likeness (QED) is 0.197. The van der Waals surface area contributed by atoms with Crippen LogP contribution in [0.15, 0.2) is 48.7 Å². The smallest absolute Gasteiger partial charge is 0.397 e. The Hall–Kier alpha value is -4.27. The molecule has 7 N–H and O–H groups in total. The first kappa shape index (κ1) is 30.2. The van der Waals surface area contributed by atoms with Gasteiger partial charge in [-0.25, -0.2) is 4.98 Å². The van der Waals surface area contributed by atoms with Gasteiger partial charge in [-0.2, -0.15) is 13.2 Å². The van der Waals surface area contributed by atoms with Crippen LogP contribution >= 0.6 is 11.3 Å². The number of amides is 2. The molecule has 0 saturated carbocycles. The van der Waals surface area contributed by atoms with Crippen molar-refractivity contribution in [3.63, 3.8) is 0 Å². The molecule has 0 spiro atoms. The van der Waals surface area contributed by atoms with E-state index >= 15 is 0 Å². The number of hydrogen-bond acceptors (Lipinski definition) is 9. The van der Waals surface area contributed by atoms with Crippen LogP contribution in [0.5, 0.6) is 0 Å². The van der Waals surface area contributed by atoms with Crippen molar-refractivity contribution < 1.29 is 27.9 Å². The predicted octanol–water partition coefficient (Wildman–Crippen LogP) is 4.31. The Morgan fingerprint density at radius 2 is 1.91 bits per heavy atom. The second-order valence-corrected chi connectivity index (χ2v) is 11.3. The number of carbonyl (C=O) groups excluding carboxylic acids is 2. The van der Waals surface area contributed by atoms with Gasteiger partial charge in [0.15, 0.2) is 0 Å². The van der Waals surface area contributed by atoms with Gasteiger partial charge in [0.2, 0.25) is 5.91 Å². The van der Waals surface area contributed by atoms with Crippen LogP contribution in [-0.4, -0.2) is 52.6 Å². The number of anilines is 3. The number of thiophene rings is 1. The number of pyridine rings is 2. The van der Waals surface area contributed by atoms with Gasteiger partial charge in [0.05, 0.1) is 16.9 Å². The van der Waals surface area contributed by atoms with E-state index in [1.807, 2.05) is 24.3 Å². The van der Waals surface area contributed by atoms with E-state index in [0.29, 0.717) is 37.3 Å². The monoisotopic (exact) mass is 613 g/mol. The van der Waals surface area contributed by atoms with Gasteiger partial charge >= 0.3 is 6.18 Å². The van der Waals surface area contributed by atoms with Crippen molar-refractivity contribution in [1.82, 2.24) is 15.3 Å². The van der Waals surface area contributed by atoms with Gasteiger partial charge in [-0.1, -0.05) is 18.2 Å². The highest BCUT2D eigenvalue weighted by Crippen LogP contribution is 2.43. The molecule has 10 nitrogen and oxygen atoms in total. The standard InChI is InChI=1S/C29H30F3N7O3S/c1-15(40)37-19-4-2-3-16(11-19)17-5-6-21(36-13-17)22(41)14-35-18-7-9-39(10-8-18)23-12-20(29(30,31)32)24-25(33)26(27(34)42)43-28(24)38-23/h2-6,11-13,18,22,35,41H,7-10,14,33H2,1H3,(H2,34,42)(H,37,40). The molecule has 0 radical (unpaired) electrons. The lowest BCUT2D eigenvalue weighted by Gasteiger charge is -2.34. The third-order valence-electron chi connectivity index (χ3n) is 7.28. The Labute approximate surface area is 248 Å². The van der Waals surface area contributed by atoms with Crippen LogP contribution in [0.25, 0.3) is 21.3 Å². The molecule has 1 atom stereocenters. The van der Waals surface area contributed by atoms with Gasteiger partial charge in [0, 0.05) is 55.4 Å². The molecule has 3 aromatic heterocycles. The number of primary amides is 1. The second kappa shape index (κ2) is 12.1. The molecule has 1 aliphatic heterocycles. The molecular weight excluding hydrogens is 583 g/mol. The van der Waals surface area contributed by atoms with Crippen molar-refractivity contribution >= 4 is 50.6 Å². The zero-order valence-electron chi connectivity index (χ0n) is 23.1. The van der Waals surface area contributed by atoms with Crippen molar-refractivity contribution in [2.45, 2.75) is 38.1 Å². The molecule has 5 rings (SSSR count). The average molecular weight is 614 g/mol. The molecule has 43 heavy (non-hydrogen) atoms. The van der Waals surface area contributed by atoms with Gasteiger partial charge in [-0.3, -0.25) is 14.6 Å². The van der Waals surface area contributed by atoms with Crippen molar-refractivity contribution in [2.75, 3.05) is 35.6 Å². The first-order valence-corrected chi connectivity index (χ1v) is 14.3. The summed E-state index contributed by atoms with van der Waals surface area (Å²) >= 11 is 0.754. The van der Waals surface area contributed by atoms with E-state index < -0.39 is 23.8 Å². The van der Waals surface area contributed by atoms with E-state index in [9.17, 15) is 27.9 Å². The number of piperidine rings is 1. The van der Waals surface area contributed by atoms with Crippen molar-refractivity contribution in [2.24, 2.45) is 5.73 Å². The number of fused-ring (bicyclic) bond motifs is 1. The number of aliphatic hydroxyl groups excluding tert-OH is 1. The number of hydrogen-bond donors (Lipinski definition) is 5. The van der Waals surface area contributed by atoms with Gasteiger partial charge < -0.3 is 32.1 Å². The molecule has 1 saturated heterocycles. The van der Waals surface area contributed by atoms with E-state index in [1.54, 1.807) is 23.2 Å². The fourth-order valence-electron chi connectivity index (χ4n) is 5.13. The number of halogens is 3. The van der Waals surface area contributed by atoms with Crippen LogP contribution in [0.2, 0.25) is 0 Å². The second-order valence-electron chi connectivity index (χ2n) is 10.3. The maximum atomic E-state index is 13.9. The summed E-state index contributed by atoms with van der Waals surface area (Å²) in [7, 11) is 0. The maximum absolute atomic E-state index is 13.9. The minimum Gasteiger partial charge on any atom is -0.397 e. The molecule has 14 heteroatoms. The molecule has 0 bridgehead atoms. The largest absolute Gasteiger partial charge is 0.417 e. The Morgan fingerprint density at radius 1 is 1.16 bits per heavy atom. The van der Waals surface area contributed by atoms with Crippen LogP contribution in [0, 0.1) is 0 Å². The van der Waals surface area contributed by atoms with E-state index in [1.165, 1.54) is 6.92 Å². The first-order chi connectivity index (χ1) is 20.4. The van der Waals surface area contributed by atoms with E-state index in [0.717, 1.165) is 28.5 Å². The van der Waals surface area contributed by atoms with E-state index in [4.69, 9.17) is 11.5 Å². The maximum Gasteiger partial charge on any atom is 0.417 e. The van der Waals surface area contributed by atoms with Gasteiger partial charge in [-0.05, 0) is 42.7 Å².